The van der Waals surface area contributed by atoms with Crippen LogP contribution in [0.1, 0.15) is 0 Å². The third-order valence-electron chi connectivity index (χ3n) is 12.9. The number of aromatic nitrogens is 5. The van der Waals surface area contributed by atoms with E-state index in [1.54, 1.807) is 0 Å². The molecule has 0 N–H and O–H groups in total. The lowest BCUT2D eigenvalue weighted by atomic mass is 10.00. The number of fused-ring (bicyclic) bond motifs is 7. The zero-order chi connectivity index (χ0) is 45.0. The minimum Gasteiger partial charge on any atom is -0.309 e. The highest BCUT2D eigenvalue weighted by atomic mass is 15.2. The summed E-state index contributed by atoms with van der Waals surface area (Å²) in [6.07, 6.45) is 3.71. The van der Waals surface area contributed by atoms with Crippen molar-refractivity contribution >= 4 is 88.8 Å². The minimum atomic E-state index is 0.822. The molecule has 0 spiro atoms. The van der Waals surface area contributed by atoms with Gasteiger partial charge in [-0.2, -0.15) is 0 Å². The van der Waals surface area contributed by atoms with Gasteiger partial charge in [-0.15, -0.1) is 0 Å². The SMILES string of the molecule is c1ccc(-c2nc3ccc(N(c4ccc5c(ccc6cc(N(c7ccc8c(c7)c7ccccc7n8-c7ccccc7)c7ccccn7)ccc65)c4)c4ccccn4)cc3n2-c2ccccc2)cc1. The summed E-state index contributed by atoms with van der Waals surface area (Å²) in [5, 5.41) is 7.00. The molecule has 0 aliphatic rings. The first-order valence-corrected chi connectivity index (χ1v) is 22.8. The van der Waals surface area contributed by atoms with Crippen LogP contribution in [0.5, 0.6) is 0 Å². The van der Waals surface area contributed by atoms with E-state index in [1.165, 1.54) is 27.1 Å². The summed E-state index contributed by atoms with van der Waals surface area (Å²) in [7, 11) is 0. The van der Waals surface area contributed by atoms with E-state index in [0.717, 1.165) is 84.5 Å². The van der Waals surface area contributed by atoms with Gasteiger partial charge >= 0.3 is 0 Å². The highest BCUT2D eigenvalue weighted by Crippen LogP contribution is 2.42. The summed E-state index contributed by atoms with van der Waals surface area (Å²) in [5.41, 5.74) is 11.5. The van der Waals surface area contributed by atoms with E-state index in [1.807, 2.05) is 48.8 Å². The van der Waals surface area contributed by atoms with Crippen LogP contribution in [0.3, 0.4) is 0 Å². The van der Waals surface area contributed by atoms with Crippen molar-refractivity contribution < 1.29 is 0 Å². The van der Waals surface area contributed by atoms with E-state index in [9.17, 15) is 0 Å². The van der Waals surface area contributed by atoms with Crippen LogP contribution in [0.15, 0.2) is 249 Å². The summed E-state index contributed by atoms with van der Waals surface area (Å²) < 4.78 is 4.60. The molecule has 0 bridgehead atoms. The van der Waals surface area contributed by atoms with Crippen molar-refractivity contribution in [2.45, 2.75) is 0 Å². The van der Waals surface area contributed by atoms with Gasteiger partial charge in [-0.1, -0.05) is 121 Å². The van der Waals surface area contributed by atoms with Crippen LogP contribution in [-0.4, -0.2) is 24.1 Å². The predicted molar refractivity (Wildman–Crippen MR) is 281 cm³/mol. The third-order valence-corrected chi connectivity index (χ3v) is 12.9. The highest BCUT2D eigenvalue weighted by molar-refractivity contribution is 6.12. The summed E-state index contributed by atoms with van der Waals surface area (Å²) in [5.74, 6) is 2.56. The first kappa shape index (κ1) is 39.1. The average molecular weight is 872 g/mol. The number of hydrogen-bond donors (Lipinski definition) is 0. The van der Waals surface area contributed by atoms with Gasteiger partial charge in [-0.05, 0) is 137 Å². The van der Waals surface area contributed by atoms with Crippen LogP contribution >= 0.6 is 0 Å². The van der Waals surface area contributed by atoms with Crippen molar-refractivity contribution in [2.24, 2.45) is 0 Å². The smallest absolute Gasteiger partial charge is 0.145 e. The highest BCUT2D eigenvalue weighted by Gasteiger charge is 2.21. The van der Waals surface area contributed by atoms with Gasteiger partial charge in [-0.3, -0.25) is 14.4 Å². The second-order valence-electron chi connectivity index (χ2n) is 17.0. The maximum absolute atomic E-state index is 5.18. The largest absolute Gasteiger partial charge is 0.309 e. The van der Waals surface area contributed by atoms with E-state index in [2.05, 4.69) is 219 Å². The molecule has 0 radical (unpaired) electrons. The Morgan fingerprint density at radius 1 is 0.324 bits per heavy atom. The molecule has 7 nitrogen and oxygen atoms in total. The molecule has 0 atom stereocenters. The quantitative estimate of drug-likeness (QED) is 0.135. The number of benzene rings is 9. The molecule has 13 rings (SSSR count). The van der Waals surface area contributed by atoms with Gasteiger partial charge in [-0.25, -0.2) is 15.0 Å². The molecule has 0 aliphatic heterocycles. The minimum absolute atomic E-state index is 0.822. The van der Waals surface area contributed by atoms with E-state index >= 15 is 0 Å². The molecular formula is C61H41N7. The number of rotatable bonds is 9. The normalized spacial score (nSPS) is 11.5. The fourth-order valence-electron chi connectivity index (χ4n) is 9.90. The fourth-order valence-corrected chi connectivity index (χ4v) is 9.90. The predicted octanol–water partition coefficient (Wildman–Crippen LogP) is 15.8. The number of imidazole rings is 1. The van der Waals surface area contributed by atoms with Crippen LogP contribution in [0.2, 0.25) is 0 Å². The van der Waals surface area contributed by atoms with Crippen LogP contribution in [0.4, 0.5) is 34.4 Å². The Balaban J connectivity index is 0.917. The third kappa shape index (κ3) is 6.64. The summed E-state index contributed by atoms with van der Waals surface area (Å²) in [6.45, 7) is 0. The Bertz CT molecular complexity index is 3960. The topological polar surface area (TPSA) is 55.0 Å². The molecule has 13 aromatic rings. The Hall–Kier alpha value is -9.33. The maximum Gasteiger partial charge on any atom is 0.145 e. The van der Waals surface area contributed by atoms with E-state index in [4.69, 9.17) is 15.0 Å². The molecule has 0 saturated heterocycles. The van der Waals surface area contributed by atoms with Crippen molar-refractivity contribution in [1.29, 1.82) is 0 Å². The van der Waals surface area contributed by atoms with Crippen LogP contribution in [0, 0.1) is 0 Å². The fraction of sp³-hybridized carbons (Fsp3) is 0. The molecule has 0 fully saturated rings. The second-order valence-corrected chi connectivity index (χ2v) is 17.0. The molecule has 9 aromatic carbocycles. The molecule has 320 valence electrons. The Kier molecular flexibility index (Phi) is 9.35. The molecule has 4 heterocycles. The molecule has 4 aromatic heterocycles. The summed E-state index contributed by atoms with van der Waals surface area (Å²) >= 11 is 0. The lowest BCUT2D eigenvalue weighted by Crippen LogP contribution is -2.11. The average Bonchev–Trinajstić information content (AvgIpc) is 3.96. The monoisotopic (exact) mass is 871 g/mol. The van der Waals surface area contributed by atoms with Crippen LogP contribution < -0.4 is 9.80 Å². The Morgan fingerprint density at radius 3 is 1.44 bits per heavy atom. The molecular weight excluding hydrogens is 831 g/mol. The number of hydrogen-bond acceptors (Lipinski definition) is 5. The van der Waals surface area contributed by atoms with Crippen molar-refractivity contribution in [3.05, 3.63) is 249 Å². The van der Waals surface area contributed by atoms with Crippen molar-refractivity contribution in [2.75, 3.05) is 9.80 Å². The van der Waals surface area contributed by atoms with Crippen LogP contribution in [-0.2, 0) is 0 Å². The Morgan fingerprint density at radius 2 is 0.824 bits per heavy atom. The number of para-hydroxylation sites is 3. The zero-order valence-electron chi connectivity index (χ0n) is 36.8. The maximum atomic E-state index is 5.18. The lowest BCUT2D eigenvalue weighted by Gasteiger charge is -2.25. The lowest BCUT2D eigenvalue weighted by molar-refractivity contribution is 1.10. The summed E-state index contributed by atoms with van der Waals surface area (Å²) in [4.78, 5) is 19.5. The molecule has 68 heavy (non-hydrogen) atoms. The Labute approximate surface area is 392 Å². The van der Waals surface area contributed by atoms with Crippen LogP contribution in [0.25, 0.3) is 77.1 Å². The number of anilines is 6. The first-order valence-electron chi connectivity index (χ1n) is 22.8. The molecule has 0 amide bonds. The van der Waals surface area contributed by atoms with Gasteiger partial charge in [0, 0.05) is 62.9 Å². The first-order chi connectivity index (χ1) is 33.7. The van der Waals surface area contributed by atoms with Crippen molar-refractivity contribution in [1.82, 2.24) is 24.1 Å². The van der Waals surface area contributed by atoms with Gasteiger partial charge in [0.2, 0.25) is 0 Å². The molecule has 0 aliphatic carbocycles. The molecule has 7 heteroatoms. The van der Waals surface area contributed by atoms with Gasteiger partial charge in [0.05, 0.1) is 22.1 Å². The van der Waals surface area contributed by atoms with Gasteiger partial charge in [0.25, 0.3) is 0 Å². The van der Waals surface area contributed by atoms with E-state index in [-0.39, 0.29) is 0 Å². The number of pyridine rings is 2. The second kappa shape index (κ2) is 16.3. The standard InChI is InChI=1S/C61H41N7/c1-4-16-42(17-5-1)61-64-55-34-30-50(41-58(55)68(61)46-20-8-3-9-21-46)66(60-25-13-15-37-63-60)48-29-33-52-44(39-48)27-26-43-38-47(28-32-51(43)52)65(59-24-12-14-36-62-59)49-31-35-57-54(40-49)53-22-10-11-23-56(53)67(57)45-18-6-2-7-19-45/h1-41H. The van der Waals surface area contributed by atoms with E-state index in [0.29, 0.717) is 0 Å². The molecule has 0 unspecified atom stereocenters. The van der Waals surface area contributed by atoms with Gasteiger partial charge < -0.3 is 4.57 Å². The zero-order valence-corrected chi connectivity index (χ0v) is 36.8. The van der Waals surface area contributed by atoms with Gasteiger partial charge in [0.15, 0.2) is 0 Å². The molecule has 0 saturated carbocycles. The van der Waals surface area contributed by atoms with E-state index < -0.39 is 0 Å². The summed E-state index contributed by atoms with van der Waals surface area (Å²) in [6, 6.07) is 83.5. The van der Waals surface area contributed by atoms with Crippen molar-refractivity contribution in [3.63, 3.8) is 0 Å². The van der Waals surface area contributed by atoms with Crippen molar-refractivity contribution in [3.8, 4) is 22.8 Å². The number of nitrogens with zero attached hydrogens (tertiary/aromatic N) is 7. The van der Waals surface area contributed by atoms with Gasteiger partial charge in [0.1, 0.15) is 17.5 Å².